The molecule has 1 atom stereocenters. The van der Waals surface area contributed by atoms with Crippen LogP contribution < -0.4 is 5.32 Å². The highest BCUT2D eigenvalue weighted by Gasteiger charge is 2.43. The Morgan fingerprint density at radius 3 is 2.65 bits per heavy atom. The van der Waals surface area contributed by atoms with Gasteiger partial charge in [-0.05, 0) is 12.1 Å². The van der Waals surface area contributed by atoms with Gasteiger partial charge in [0.1, 0.15) is 11.9 Å². The molecule has 0 bridgehead atoms. The molecule has 3 rings (SSSR count). The van der Waals surface area contributed by atoms with Gasteiger partial charge < -0.3 is 19.5 Å². The highest BCUT2D eigenvalue weighted by molar-refractivity contribution is 5.54. The van der Waals surface area contributed by atoms with Crippen LogP contribution in [-0.4, -0.2) is 38.3 Å². The van der Waals surface area contributed by atoms with Crippen LogP contribution in [0, 0.1) is 5.82 Å². The number of rotatable bonds is 3. The normalized spacial score (nSPS) is 24.1. The predicted molar refractivity (Wildman–Crippen MR) is 73.5 cm³/mol. The molecule has 2 aliphatic heterocycles. The van der Waals surface area contributed by atoms with E-state index in [-0.39, 0.29) is 13.2 Å². The van der Waals surface area contributed by atoms with E-state index in [1.54, 1.807) is 0 Å². The number of benzene rings is 1. The van der Waals surface area contributed by atoms with Crippen LogP contribution in [0.1, 0.15) is 18.4 Å². The Hall–Kier alpha value is -1.38. The van der Waals surface area contributed by atoms with Crippen molar-refractivity contribution in [3.05, 3.63) is 29.6 Å². The van der Waals surface area contributed by atoms with E-state index in [1.807, 2.05) is 0 Å². The third kappa shape index (κ3) is 3.59. The maximum Gasteiger partial charge on any atom is 0.418 e. The Morgan fingerprint density at radius 2 is 1.96 bits per heavy atom. The smallest absolute Gasteiger partial charge is 0.381 e. The van der Waals surface area contributed by atoms with Gasteiger partial charge in [0.25, 0.3) is 0 Å². The van der Waals surface area contributed by atoms with Gasteiger partial charge in [-0.15, -0.1) is 0 Å². The van der Waals surface area contributed by atoms with E-state index in [0.29, 0.717) is 26.1 Å². The Kier molecular flexibility index (Phi) is 4.48. The number of anilines is 1. The average Bonchev–Trinajstić information content (AvgIpc) is 2.88. The fraction of sp³-hybridized carbons (Fsp3) is 0.600. The second-order valence-corrected chi connectivity index (χ2v) is 5.61. The third-order valence-corrected chi connectivity index (χ3v) is 3.99. The van der Waals surface area contributed by atoms with Crippen molar-refractivity contribution in [2.45, 2.75) is 30.9 Å². The Bertz CT molecular complexity index is 558. The van der Waals surface area contributed by atoms with Crippen molar-refractivity contribution < 1.29 is 31.8 Å². The fourth-order valence-electron chi connectivity index (χ4n) is 2.82. The summed E-state index contributed by atoms with van der Waals surface area (Å²) in [6.07, 6.45) is -3.90. The first-order valence-electron chi connectivity index (χ1n) is 7.39. The number of hydrogen-bond acceptors (Lipinski definition) is 4. The zero-order valence-corrected chi connectivity index (χ0v) is 12.3. The first-order chi connectivity index (χ1) is 10.9. The van der Waals surface area contributed by atoms with Crippen LogP contribution in [0.5, 0.6) is 0 Å². The Morgan fingerprint density at radius 1 is 1.22 bits per heavy atom. The van der Waals surface area contributed by atoms with Gasteiger partial charge in [0.05, 0.1) is 31.1 Å². The summed E-state index contributed by atoms with van der Waals surface area (Å²) >= 11 is 0. The zero-order chi connectivity index (χ0) is 16.5. The van der Waals surface area contributed by atoms with Crippen molar-refractivity contribution in [1.82, 2.24) is 0 Å². The molecule has 1 N–H and O–H groups in total. The molecule has 1 aromatic carbocycles. The van der Waals surface area contributed by atoms with Gasteiger partial charge in [0.2, 0.25) is 0 Å². The van der Waals surface area contributed by atoms with Crippen molar-refractivity contribution in [3.63, 3.8) is 0 Å². The van der Waals surface area contributed by atoms with Crippen molar-refractivity contribution in [3.8, 4) is 0 Å². The molecule has 0 amide bonds. The molecule has 0 radical (unpaired) electrons. The van der Waals surface area contributed by atoms with Crippen molar-refractivity contribution in [1.29, 1.82) is 0 Å². The lowest BCUT2D eigenvalue weighted by molar-refractivity contribution is -0.209. The van der Waals surface area contributed by atoms with Crippen LogP contribution in [0.15, 0.2) is 18.2 Å². The molecule has 8 heteroatoms. The first kappa shape index (κ1) is 16.5. The minimum atomic E-state index is -4.63. The summed E-state index contributed by atoms with van der Waals surface area (Å²) in [7, 11) is 0. The van der Waals surface area contributed by atoms with Gasteiger partial charge in [0, 0.05) is 19.4 Å². The summed E-state index contributed by atoms with van der Waals surface area (Å²) < 4.78 is 69.3. The zero-order valence-electron chi connectivity index (χ0n) is 12.3. The molecule has 1 aromatic rings. The minimum absolute atomic E-state index is 0.0343. The van der Waals surface area contributed by atoms with Gasteiger partial charge in [-0.2, -0.15) is 13.2 Å². The number of ether oxygens (including phenoxy) is 3. The highest BCUT2D eigenvalue weighted by atomic mass is 19.4. The monoisotopic (exact) mass is 335 g/mol. The van der Waals surface area contributed by atoms with Gasteiger partial charge in [-0.3, -0.25) is 0 Å². The van der Waals surface area contributed by atoms with Crippen molar-refractivity contribution in [2.75, 3.05) is 31.7 Å². The summed E-state index contributed by atoms with van der Waals surface area (Å²) in [6.45, 7) is 1.33. The minimum Gasteiger partial charge on any atom is -0.381 e. The lowest BCUT2D eigenvalue weighted by atomic mass is 10.1. The average molecular weight is 335 g/mol. The molecular weight excluding hydrogens is 318 g/mol. The second-order valence-electron chi connectivity index (χ2n) is 5.61. The number of para-hydroxylation sites is 1. The molecule has 4 nitrogen and oxygen atoms in total. The molecule has 2 aliphatic rings. The lowest BCUT2D eigenvalue weighted by Crippen LogP contribution is -2.38. The topological polar surface area (TPSA) is 39.7 Å². The lowest BCUT2D eigenvalue weighted by Gasteiger charge is -2.31. The SMILES string of the molecule is Fc1cccc(C(F)(F)F)c1NCC1COC2(CCOCC2)O1. The number of halogens is 4. The molecule has 0 saturated carbocycles. The van der Waals surface area contributed by atoms with Gasteiger partial charge >= 0.3 is 6.18 Å². The number of nitrogens with one attached hydrogen (secondary N) is 1. The highest BCUT2D eigenvalue weighted by Crippen LogP contribution is 2.37. The fourth-order valence-corrected chi connectivity index (χ4v) is 2.82. The quantitative estimate of drug-likeness (QED) is 0.862. The third-order valence-electron chi connectivity index (χ3n) is 3.99. The van der Waals surface area contributed by atoms with E-state index >= 15 is 0 Å². The van der Waals surface area contributed by atoms with E-state index < -0.39 is 35.1 Å². The second kappa shape index (κ2) is 6.26. The summed E-state index contributed by atoms with van der Waals surface area (Å²) in [6, 6.07) is 2.87. The summed E-state index contributed by atoms with van der Waals surface area (Å²) in [4.78, 5) is 0. The predicted octanol–water partition coefficient (Wildman–Crippen LogP) is 3.18. The Balaban J connectivity index is 1.65. The van der Waals surface area contributed by atoms with Gasteiger partial charge in [-0.25, -0.2) is 4.39 Å². The molecule has 1 unspecified atom stereocenters. The molecule has 0 aliphatic carbocycles. The molecule has 23 heavy (non-hydrogen) atoms. The number of hydrogen-bond donors (Lipinski definition) is 1. The molecule has 0 aromatic heterocycles. The largest absolute Gasteiger partial charge is 0.418 e. The Labute approximate surface area is 130 Å². The van der Waals surface area contributed by atoms with E-state index in [9.17, 15) is 17.6 Å². The van der Waals surface area contributed by atoms with E-state index in [1.165, 1.54) is 0 Å². The maximum absolute atomic E-state index is 13.8. The number of alkyl halides is 3. The summed E-state index contributed by atoms with van der Waals surface area (Å²) in [5.41, 5.74) is -1.59. The van der Waals surface area contributed by atoms with E-state index in [2.05, 4.69) is 5.32 Å². The van der Waals surface area contributed by atoms with Crippen LogP contribution in [0.3, 0.4) is 0 Å². The van der Waals surface area contributed by atoms with Gasteiger partial charge in [0.15, 0.2) is 5.79 Å². The summed E-state index contributed by atoms with van der Waals surface area (Å²) in [5.74, 6) is -1.66. The van der Waals surface area contributed by atoms with Crippen molar-refractivity contribution in [2.24, 2.45) is 0 Å². The van der Waals surface area contributed by atoms with Crippen molar-refractivity contribution >= 4 is 5.69 Å². The van der Waals surface area contributed by atoms with Crippen LogP contribution in [0.2, 0.25) is 0 Å². The molecule has 1 spiro atoms. The maximum atomic E-state index is 13.8. The van der Waals surface area contributed by atoms with Crippen LogP contribution in [-0.2, 0) is 20.4 Å². The molecule has 2 fully saturated rings. The van der Waals surface area contributed by atoms with Gasteiger partial charge in [-0.1, -0.05) is 6.07 Å². The van der Waals surface area contributed by atoms with Crippen LogP contribution in [0.4, 0.5) is 23.2 Å². The molecule has 128 valence electrons. The molecule has 2 saturated heterocycles. The van der Waals surface area contributed by atoms with Crippen LogP contribution >= 0.6 is 0 Å². The van der Waals surface area contributed by atoms with E-state index in [0.717, 1.165) is 18.2 Å². The molecular formula is C15H17F4NO3. The molecule has 2 heterocycles. The van der Waals surface area contributed by atoms with Crippen LogP contribution in [0.25, 0.3) is 0 Å². The summed E-state index contributed by atoms with van der Waals surface area (Å²) in [5, 5.41) is 2.52. The van der Waals surface area contributed by atoms with E-state index in [4.69, 9.17) is 14.2 Å². The first-order valence-corrected chi connectivity index (χ1v) is 7.39. The standard InChI is InChI=1S/C15H17F4NO3/c16-12-3-1-2-11(15(17,18)19)13(12)20-8-10-9-22-14(23-10)4-6-21-7-5-14/h1-3,10,20H,4-9H2.